The van der Waals surface area contributed by atoms with Crippen molar-refractivity contribution in [2.75, 3.05) is 26.8 Å². The summed E-state index contributed by atoms with van der Waals surface area (Å²) >= 11 is 0. The molecule has 0 heterocycles. The Hall–Kier alpha value is -1.71. The molecule has 1 rings (SSSR count). The average molecular weight is 279 g/mol. The smallest absolute Gasteiger partial charge is 0.260 e. The molecule has 4 nitrogen and oxygen atoms in total. The number of nitrogens with zero attached hydrogens (tertiary/aromatic N) is 1. The van der Waals surface area contributed by atoms with E-state index in [0.717, 1.165) is 18.7 Å². The molecule has 0 saturated heterocycles. The summed E-state index contributed by atoms with van der Waals surface area (Å²) < 4.78 is 11.0. The number of hydrogen-bond donors (Lipinski definition) is 0. The molecule has 0 unspecified atom stereocenters. The molecule has 4 heteroatoms. The first-order valence-electron chi connectivity index (χ1n) is 7.12. The number of benzene rings is 1. The summed E-state index contributed by atoms with van der Waals surface area (Å²) in [5.74, 6) is 1.95. The number of carbonyl (C=O) groups excluding carboxylic acids is 1. The van der Waals surface area contributed by atoms with E-state index in [1.54, 1.807) is 11.9 Å². The van der Waals surface area contributed by atoms with Crippen LogP contribution in [0.1, 0.15) is 27.2 Å². The van der Waals surface area contributed by atoms with Crippen molar-refractivity contribution in [3.05, 3.63) is 24.3 Å². The second-order valence-electron chi connectivity index (χ2n) is 5.28. The van der Waals surface area contributed by atoms with Gasteiger partial charge in [0.05, 0.1) is 6.61 Å². The van der Waals surface area contributed by atoms with Gasteiger partial charge in [0.1, 0.15) is 11.5 Å². The molecule has 0 spiro atoms. The molecular formula is C16H25NO3. The molecule has 1 aromatic carbocycles. The van der Waals surface area contributed by atoms with Gasteiger partial charge in [-0.1, -0.05) is 20.8 Å². The summed E-state index contributed by atoms with van der Waals surface area (Å²) in [6.07, 6.45) is 0.981. The van der Waals surface area contributed by atoms with Crippen LogP contribution >= 0.6 is 0 Å². The lowest BCUT2D eigenvalue weighted by Crippen LogP contribution is -2.34. The highest BCUT2D eigenvalue weighted by Gasteiger charge is 2.10. The topological polar surface area (TPSA) is 38.8 Å². The molecule has 0 aliphatic carbocycles. The molecule has 0 aromatic heterocycles. The van der Waals surface area contributed by atoms with Crippen molar-refractivity contribution >= 4 is 5.91 Å². The van der Waals surface area contributed by atoms with Crippen LogP contribution in [0.4, 0.5) is 0 Å². The molecule has 0 radical (unpaired) electrons. The monoisotopic (exact) mass is 279 g/mol. The van der Waals surface area contributed by atoms with Gasteiger partial charge in [-0.05, 0) is 36.6 Å². The minimum absolute atomic E-state index is 0.00925. The Kier molecular flexibility index (Phi) is 6.91. The fourth-order valence-electron chi connectivity index (χ4n) is 1.76. The van der Waals surface area contributed by atoms with Crippen LogP contribution in [0.5, 0.6) is 11.5 Å². The van der Waals surface area contributed by atoms with E-state index in [0.29, 0.717) is 18.3 Å². The fourth-order valence-corrected chi connectivity index (χ4v) is 1.76. The quantitative estimate of drug-likeness (QED) is 0.734. The number of amides is 1. The van der Waals surface area contributed by atoms with E-state index in [1.165, 1.54) is 0 Å². The lowest BCUT2D eigenvalue weighted by atomic mass is 10.2. The van der Waals surface area contributed by atoms with E-state index in [9.17, 15) is 4.79 Å². The minimum atomic E-state index is -0.00925. The molecule has 0 bridgehead atoms. The summed E-state index contributed by atoms with van der Waals surface area (Å²) in [4.78, 5) is 13.5. The van der Waals surface area contributed by atoms with Crippen molar-refractivity contribution < 1.29 is 14.3 Å². The molecule has 0 aliphatic heterocycles. The molecule has 0 aliphatic rings. The summed E-state index contributed by atoms with van der Waals surface area (Å²) in [7, 11) is 1.80. The van der Waals surface area contributed by atoms with Crippen molar-refractivity contribution in [3.63, 3.8) is 0 Å². The van der Waals surface area contributed by atoms with Gasteiger partial charge in [0.2, 0.25) is 0 Å². The Morgan fingerprint density at radius 3 is 2.20 bits per heavy atom. The van der Waals surface area contributed by atoms with Crippen LogP contribution in [0.3, 0.4) is 0 Å². The first kappa shape index (κ1) is 16.3. The third-order valence-corrected chi connectivity index (χ3v) is 2.72. The largest absolute Gasteiger partial charge is 0.494 e. The van der Waals surface area contributed by atoms with Crippen LogP contribution in [-0.2, 0) is 4.79 Å². The van der Waals surface area contributed by atoms with Gasteiger partial charge in [-0.15, -0.1) is 0 Å². The molecule has 1 amide bonds. The van der Waals surface area contributed by atoms with E-state index in [2.05, 4.69) is 20.8 Å². The third-order valence-electron chi connectivity index (χ3n) is 2.72. The summed E-state index contributed by atoms with van der Waals surface area (Å²) in [6.45, 7) is 7.75. The molecule has 20 heavy (non-hydrogen) atoms. The first-order valence-corrected chi connectivity index (χ1v) is 7.12. The van der Waals surface area contributed by atoms with Crippen molar-refractivity contribution in [1.29, 1.82) is 0 Å². The van der Waals surface area contributed by atoms with Gasteiger partial charge in [0.15, 0.2) is 6.61 Å². The van der Waals surface area contributed by atoms with E-state index in [-0.39, 0.29) is 12.5 Å². The van der Waals surface area contributed by atoms with Crippen molar-refractivity contribution in [1.82, 2.24) is 4.90 Å². The zero-order valence-corrected chi connectivity index (χ0v) is 12.9. The fraction of sp³-hybridized carbons (Fsp3) is 0.562. The number of carbonyl (C=O) groups is 1. The Balaban J connectivity index is 2.39. The predicted molar refractivity (Wildman–Crippen MR) is 80.2 cm³/mol. The van der Waals surface area contributed by atoms with Crippen molar-refractivity contribution in [2.24, 2.45) is 5.92 Å². The lowest BCUT2D eigenvalue weighted by Gasteiger charge is -2.19. The maximum Gasteiger partial charge on any atom is 0.260 e. The molecule has 0 fully saturated rings. The summed E-state index contributed by atoms with van der Waals surface area (Å²) in [6, 6.07) is 7.35. The van der Waals surface area contributed by atoms with Crippen LogP contribution in [0, 0.1) is 5.92 Å². The molecular weight excluding hydrogens is 254 g/mol. The first-order chi connectivity index (χ1) is 9.52. The normalized spacial score (nSPS) is 10.4. The van der Waals surface area contributed by atoms with Gasteiger partial charge in [-0.3, -0.25) is 4.79 Å². The Morgan fingerprint density at radius 1 is 1.15 bits per heavy atom. The highest BCUT2D eigenvalue weighted by molar-refractivity contribution is 5.77. The van der Waals surface area contributed by atoms with E-state index in [1.807, 2.05) is 24.3 Å². The van der Waals surface area contributed by atoms with Crippen LogP contribution in [0.2, 0.25) is 0 Å². The zero-order chi connectivity index (χ0) is 15.0. The van der Waals surface area contributed by atoms with Crippen molar-refractivity contribution in [3.8, 4) is 11.5 Å². The third kappa shape index (κ3) is 5.95. The van der Waals surface area contributed by atoms with Gasteiger partial charge in [-0.25, -0.2) is 0 Å². The van der Waals surface area contributed by atoms with E-state index >= 15 is 0 Å². The molecule has 1 aromatic rings. The molecule has 0 atom stereocenters. The highest BCUT2D eigenvalue weighted by atomic mass is 16.5. The van der Waals surface area contributed by atoms with Gasteiger partial charge in [0.25, 0.3) is 5.91 Å². The minimum Gasteiger partial charge on any atom is -0.494 e. The standard InChI is InChI=1S/C16H25NO3/c1-5-10-19-14-6-8-15(9-7-14)20-12-16(18)17(4)11-13(2)3/h6-9,13H,5,10-12H2,1-4H3. The molecule has 0 N–H and O–H groups in total. The van der Waals surface area contributed by atoms with Crippen LogP contribution < -0.4 is 9.47 Å². The zero-order valence-electron chi connectivity index (χ0n) is 12.9. The van der Waals surface area contributed by atoms with Gasteiger partial charge < -0.3 is 14.4 Å². The summed E-state index contributed by atoms with van der Waals surface area (Å²) in [5, 5.41) is 0. The summed E-state index contributed by atoms with van der Waals surface area (Å²) in [5.41, 5.74) is 0. The number of ether oxygens (including phenoxy) is 2. The maximum atomic E-state index is 11.8. The van der Waals surface area contributed by atoms with Crippen LogP contribution in [0.15, 0.2) is 24.3 Å². The van der Waals surface area contributed by atoms with Crippen LogP contribution in [-0.4, -0.2) is 37.6 Å². The predicted octanol–water partition coefficient (Wildman–Crippen LogP) is 2.97. The van der Waals surface area contributed by atoms with Gasteiger partial charge in [-0.2, -0.15) is 0 Å². The van der Waals surface area contributed by atoms with E-state index < -0.39 is 0 Å². The van der Waals surface area contributed by atoms with E-state index in [4.69, 9.17) is 9.47 Å². The lowest BCUT2D eigenvalue weighted by molar-refractivity contribution is -0.132. The van der Waals surface area contributed by atoms with Crippen molar-refractivity contribution in [2.45, 2.75) is 27.2 Å². The molecule has 112 valence electrons. The second kappa shape index (κ2) is 8.46. The second-order valence-corrected chi connectivity index (χ2v) is 5.28. The van der Waals surface area contributed by atoms with Gasteiger partial charge >= 0.3 is 0 Å². The highest BCUT2D eigenvalue weighted by Crippen LogP contribution is 2.17. The Morgan fingerprint density at radius 2 is 1.70 bits per heavy atom. The maximum absolute atomic E-state index is 11.8. The number of likely N-dealkylation sites (N-methyl/N-ethyl adjacent to an activating group) is 1. The Bertz CT molecular complexity index is 401. The van der Waals surface area contributed by atoms with Gasteiger partial charge in [0, 0.05) is 13.6 Å². The number of rotatable bonds is 8. The Labute approximate surface area is 121 Å². The SMILES string of the molecule is CCCOc1ccc(OCC(=O)N(C)CC(C)C)cc1. The van der Waals surface area contributed by atoms with Crippen LogP contribution in [0.25, 0.3) is 0 Å². The number of hydrogen-bond acceptors (Lipinski definition) is 3. The average Bonchev–Trinajstić information content (AvgIpc) is 2.42. The molecule has 0 saturated carbocycles.